The van der Waals surface area contributed by atoms with E-state index in [0.717, 1.165) is 17.6 Å². The maximum atomic E-state index is 13.1. The molecule has 0 saturated heterocycles. The summed E-state index contributed by atoms with van der Waals surface area (Å²) in [5, 5.41) is 1.21. The van der Waals surface area contributed by atoms with Gasteiger partial charge in [0.15, 0.2) is 0 Å². The van der Waals surface area contributed by atoms with Gasteiger partial charge in [-0.1, -0.05) is 11.6 Å². The van der Waals surface area contributed by atoms with Crippen molar-refractivity contribution in [3.8, 4) is 5.75 Å². The average molecular weight is 385 g/mol. The highest BCUT2D eigenvalue weighted by atomic mass is 32.2. The number of benzene rings is 2. The molecule has 1 aliphatic rings. The number of rotatable bonds is 4. The van der Waals surface area contributed by atoms with Crippen LogP contribution in [0.25, 0.3) is 10.9 Å². The highest BCUT2D eigenvalue weighted by molar-refractivity contribution is 7.89. The number of nitrogens with zero attached hydrogens (tertiary/aromatic N) is 1. The Hall–Kier alpha value is -2.31. The van der Waals surface area contributed by atoms with Gasteiger partial charge in [-0.05, 0) is 62.2 Å². The van der Waals surface area contributed by atoms with Crippen molar-refractivity contribution >= 4 is 20.9 Å². The molecule has 4 rings (SSSR count). The molecule has 0 saturated carbocycles. The highest BCUT2D eigenvalue weighted by Crippen LogP contribution is 2.29. The van der Waals surface area contributed by atoms with Crippen molar-refractivity contribution in [3.05, 3.63) is 59.3 Å². The molecular formula is C21H24N2O3S. The van der Waals surface area contributed by atoms with Crippen molar-refractivity contribution in [3.63, 3.8) is 0 Å². The molecule has 0 atom stereocenters. The Labute approximate surface area is 160 Å². The number of sulfonamides is 1. The summed E-state index contributed by atoms with van der Waals surface area (Å²) in [5.74, 6) is 0.684. The monoisotopic (exact) mass is 384 g/mol. The molecule has 142 valence electrons. The third kappa shape index (κ3) is 3.35. The van der Waals surface area contributed by atoms with E-state index in [4.69, 9.17) is 4.74 Å². The van der Waals surface area contributed by atoms with Crippen LogP contribution in [0.2, 0.25) is 0 Å². The summed E-state index contributed by atoms with van der Waals surface area (Å²) in [7, 11) is -3.51. The quantitative estimate of drug-likeness (QED) is 0.747. The zero-order valence-electron chi connectivity index (χ0n) is 15.7. The third-order valence-corrected chi connectivity index (χ3v) is 7.06. The molecule has 1 aliphatic heterocycles. The van der Waals surface area contributed by atoms with Gasteiger partial charge in [0.2, 0.25) is 10.0 Å². The highest BCUT2D eigenvalue weighted by Gasteiger charge is 2.28. The van der Waals surface area contributed by atoms with E-state index in [1.807, 2.05) is 6.92 Å². The summed E-state index contributed by atoms with van der Waals surface area (Å²) < 4.78 is 33.2. The molecule has 5 nitrogen and oxygen atoms in total. The number of ether oxygens (including phenoxy) is 1. The van der Waals surface area contributed by atoms with Gasteiger partial charge in [-0.25, -0.2) is 8.42 Å². The Balaban J connectivity index is 1.59. The maximum absolute atomic E-state index is 13.1. The minimum atomic E-state index is -3.51. The fourth-order valence-corrected chi connectivity index (χ4v) is 5.21. The van der Waals surface area contributed by atoms with Gasteiger partial charge in [-0.3, -0.25) is 0 Å². The second-order valence-corrected chi connectivity index (χ2v) is 8.88. The molecule has 3 aromatic rings. The van der Waals surface area contributed by atoms with Crippen molar-refractivity contribution < 1.29 is 13.2 Å². The van der Waals surface area contributed by atoms with Crippen molar-refractivity contribution in [2.45, 2.75) is 31.6 Å². The molecule has 0 fully saturated rings. The molecule has 1 N–H and O–H groups in total. The smallest absolute Gasteiger partial charge is 0.243 e. The fraction of sp³-hybridized carbons (Fsp3) is 0.333. The first-order chi connectivity index (χ1) is 13.0. The standard InChI is InChI=1S/C21H24N2O3S/c1-3-26-16-5-7-17(8-6-16)27(24,25)23-12-10-18-19-14-15(2)4-9-20(19)22-21(18)11-13-23/h4-9,14,22H,3,10-13H2,1-2H3. The van der Waals surface area contributed by atoms with Crippen LogP contribution < -0.4 is 4.74 Å². The van der Waals surface area contributed by atoms with E-state index in [9.17, 15) is 8.42 Å². The molecule has 0 bridgehead atoms. The summed E-state index contributed by atoms with van der Waals surface area (Å²) in [6.45, 7) is 5.52. The summed E-state index contributed by atoms with van der Waals surface area (Å²) >= 11 is 0. The number of fused-ring (bicyclic) bond motifs is 3. The van der Waals surface area contributed by atoms with Crippen molar-refractivity contribution in [1.29, 1.82) is 0 Å². The van der Waals surface area contributed by atoms with Gasteiger partial charge in [-0.15, -0.1) is 0 Å². The summed E-state index contributed by atoms with van der Waals surface area (Å²) in [6.07, 6.45) is 1.41. The van der Waals surface area contributed by atoms with Gasteiger partial charge in [0, 0.05) is 36.1 Å². The van der Waals surface area contributed by atoms with Crippen LogP contribution in [0.4, 0.5) is 0 Å². The molecule has 1 aromatic heterocycles. The first-order valence-electron chi connectivity index (χ1n) is 9.32. The summed E-state index contributed by atoms with van der Waals surface area (Å²) in [6, 6.07) is 13.1. The van der Waals surface area contributed by atoms with Crippen LogP contribution in [0, 0.1) is 6.92 Å². The molecule has 6 heteroatoms. The lowest BCUT2D eigenvalue weighted by Gasteiger charge is -2.20. The largest absolute Gasteiger partial charge is 0.494 e. The second kappa shape index (κ2) is 7.02. The molecule has 2 heterocycles. The average Bonchev–Trinajstić information content (AvgIpc) is 2.84. The van der Waals surface area contributed by atoms with Crippen LogP contribution in [0.3, 0.4) is 0 Å². The normalized spacial score (nSPS) is 15.5. The van der Waals surface area contributed by atoms with E-state index in [2.05, 4.69) is 30.1 Å². The van der Waals surface area contributed by atoms with Gasteiger partial charge < -0.3 is 9.72 Å². The number of aryl methyl sites for hydroxylation is 1. The van der Waals surface area contributed by atoms with Crippen molar-refractivity contribution in [2.24, 2.45) is 0 Å². The maximum Gasteiger partial charge on any atom is 0.243 e. The number of aromatic amines is 1. The Morgan fingerprint density at radius 1 is 1.07 bits per heavy atom. The molecular weight excluding hydrogens is 360 g/mol. The summed E-state index contributed by atoms with van der Waals surface area (Å²) in [4.78, 5) is 3.80. The van der Waals surface area contributed by atoms with Gasteiger partial charge in [-0.2, -0.15) is 4.31 Å². The van der Waals surface area contributed by atoms with Gasteiger partial charge in [0.25, 0.3) is 0 Å². The molecule has 0 aliphatic carbocycles. The van der Waals surface area contributed by atoms with Crippen LogP contribution >= 0.6 is 0 Å². The number of aromatic nitrogens is 1. The van der Waals surface area contributed by atoms with E-state index in [1.54, 1.807) is 28.6 Å². The Morgan fingerprint density at radius 2 is 1.81 bits per heavy atom. The first-order valence-corrected chi connectivity index (χ1v) is 10.8. The third-order valence-electron chi connectivity index (χ3n) is 5.14. The molecule has 0 amide bonds. The van der Waals surface area contributed by atoms with Gasteiger partial charge in [0.1, 0.15) is 5.75 Å². The van der Waals surface area contributed by atoms with Crippen LogP contribution in [0.5, 0.6) is 5.75 Å². The predicted octanol–water partition coefficient (Wildman–Crippen LogP) is 3.66. The zero-order chi connectivity index (χ0) is 19.0. The van der Waals surface area contributed by atoms with Gasteiger partial charge in [0.05, 0.1) is 11.5 Å². The minimum absolute atomic E-state index is 0.317. The van der Waals surface area contributed by atoms with Crippen molar-refractivity contribution in [2.75, 3.05) is 19.7 Å². The molecule has 2 aromatic carbocycles. The number of nitrogens with one attached hydrogen (secondary N) is 1. The van der Waals surface area contributed by atoms with Gasteiger partial charge >= 0.3 is 0 Å². The van der Waals surface area contributed by atoms with E-state index < -0.39 is 10.0 Å². The van der Waals surface area contributed by atoms with E-state index in [-0.39, 0.29) is 0 Å². The fourth-order valence-electron chi connectivity index (χ4n) is 3.77. The lowest BCUT2D eigenvalue weighted by Crippen LogP contribution is -2.33. The van der Waals surface area contributed by atoms with E-state index >= 15 is 0 Å². The zero-order valence-corrected chi connectivity index (χ0v) is 16.5. The van der Waals surface area contributed by atoms with Crippen LogP contribution in [-0.4, -0.2) is 37.4 Å². The molecule has 0 unspecified atom stereocenters. The minimum Gasteiger partial charge on any atom is -0.494 e. The SMILES string of the molecule is CCOc1ccc(S(=O)(=O)N2CCc3[nH]c4ccc(C)cc4c3CC2)cc1. The van der Waals surface area contributed by atoms with Crippen molar-refractivity contribution in [1.82, 2.24) is 9.29 Å². The van der Waals surface area contributed by atoms with Crippen LogP contribution in [0.1, 0.15) is 23.7 Å². The topological polar surface area (TPSA) is 62.4 Å². The van der Waals surface area contributed by atoms with E-state index in [0.29, 0.717) is 36.8 Å². The predicted molar refractivity (Wildman–Crippen MR) is 107 cm³/mol. The van der Waals surface area contributed by atoms with E-state index in [1.165, 1.54) is 16.5 Å². The Morgan fingerprint density at radius 3 is 2.56 bits per heavy atom. The van der Waals surface area contributed by atoms with Crippen LogP contribution in [-0.2, 0) is 22.9 Å². The number of hydrogen-bond acceptors (Lipinski definition) is 3. The van der Waals surface area contributed by atoms with Crippen LogP contribution in [0.15, 0.2) is 47.4 Å². The Bertz CT molecular complexity index is 1070. The number of hydrogen-bond donors (Lipinski definition) is 1. The second-order valence-electron chi connectivity index (χ2n) is 6.94. The Kier molecular flexibility index (Phi) is 4.70. The molecule has 0 spiro atoms. The first kappa shape index (κ1) is 18.1. The number of H-pyrrole nitrogens is 1. The lowest BCUT2D eigenvalue weighted by molar-refractivity contribution is 0.340. The molecule has 27 heavy (non-hydrogen) atoms. The summed E-state index contributed by atoms with van der Waals surface area (Å²) in [5.41, 5.74) is 4.75. The lowest BCUT2D eigenvalue weighted by atomic mass is 10.1. The molecule has 0 radical (unpaired) electrons.